The van der Waals surface area contributed by atoms with E-state index in [1.807, 2.05) is 36.5 Å². The smallest absolute Gasteiger partial charge is 0.169 e. The predicted octanol–water partition coefficient (Wildman–Crippen LogP) is 3.49. The first-order chi connectivity index (χ1) is 9.25. The van der Waals surface area contributed by atoms with Gasteiger partial charge in [-0.1, -0.05) is 31.5 Å². The maximum atomic E-state index is 12.4. The third kappa shape index (κ3) is 2.33. The standard InChI is InChI=1S/C16H18N2O/c1-12-6-5-9-15(12)16(19)13-10-17-18(11-13)14-7-3-2-4-8-14/h2-4,7-8,10-12,15H,5-6,9H2,1H3. The Bertz CT molecular complexity index is 573. The summed E-state index contributed by atoms with van der Waals surface area (Å²) in [5, 5.41) is 4.30. The average molecular weight is 254 g/mol. The number of rotatable bonds is 3. The highest BCUT2D eigenvalue weighted by atomic mass is 16.1. The molecule has 0 radical (unpaired) electrons. The zero-order chi connectivity index (χ0) is 13.2. The number of carbonyl (C=O) groups is 1. The fraction of sp³-hybridized carbons (Fsp3) is 0.375. The summed E-state index contributed by atoms with van der Waals surface area (Å²) in [6, 6.07) is 9.88. The van der Waals surface area contributed by atoms with Crippen LogP contribution in [0.15, 0.2) is 42.7 Å². The summed E-state index contributed by atoms with van der Waals surface area (Å²) in [6.45, 7) is 2.18. The molecule has 0 N–H and O–H groups in total. The number of hydrogen-bond acceptors (Lipinski definition) is 2. The molecule has 1 aliphatic rings. The molecule has 1 saturated carbocycles. The van der Waals surface area contributed by atoms with Gasteiger partial charge in [0.05, 0.1) is 17.4 Å². The topological polar surface area (TPSA) is 34.9 Å². The summed E-state index contributed by atoms with van der Waals surface area (Å²) in [4.78, 5) is 12.4. The molecule has 1 aromatic heterocycles. The summed E-state index contributed by atoms with van der Waals surface area (Å²) in [5.74, 6) is 0.952. The van der Waals surface area contributed by atoms with Gasteiger partial charge in [0.15, 0.2) is 5.78 Å². The molecule has 3 nitrogen and oxygen atoms in total. The number of benzene rings is 1. The lowest BCUT2D eigenvalue weighted by molar-refractivity contribution is 0.0897. The Hall–Kier alpha value is -1.90. The zero-order valence-corrected chi connectivity index (χ0v) is 11.1. The largest absolute Gasteiger partial charge is 0.294 e. The normalized spacial score (nSPS) is 22.6. The van der Waals surface area contributed by atoms with Crippen molar-refractivity contribution in [1.82, 2.24) is 9.78 Å². The Morgan fingerprint density at radius 1 is 1.26 bits per heavy atom. The van der Waals surface area contributed by atoms with Gasteiger partial charge in [-0.2, -0.15) is 5.10 Å². The highest BCUT2D eigenvalue weighted by molar-refractivity contribution is 5.97. The number of para-hydroxylation sites is 1. The average Bonchev–Trinajstić information content (AvgIpc) is 3.08. The van der Waals surface area contributed by atoms with E-state index in [-0.39, 0.29) is 11.7 Å². The van der Waals surface area contributed by atoms with Gasteiger partial charge >= 0.3 is 0 Å². The van der Waals surface area contributed by atoms with E-state index in [0.29, 0.717) is 5.92 Å². The van der Waals surface area contributed by atoms with Crippen LogP contribution in [0.2, 0.25) is 0 Å². The third-order valence-corrected chi connectivity index (χ3v) is 4.09. The van der Waals surface area contributed by atoms with Gasteiger partial charge in [0.2, 0.25) is 0 Å². The lowest BCUT2D eigenvalue weighted by Crippen LogP contribution is -2.16. The first kappa shape index (κ1) is 12.2. The lowest BCUT2D eigenvalue weighted by Gasteiger charge is -2.12. The lowest BCUT2D eigenvalue weighted by atomic mass is 9.91. The summed E-state index contributed by atoms with van der Waals surface area (Å²) < 4.78 is 1.77. The zero-order valence-electron chi connectivity index (χ0n) is 11.1. The van der Waals surface area contributed by atoms with Gasteiger partial charge in [0, 0.05) is 12.1 Å². The molecule has 0 spiro atoms. The van der Waals surface area contributed by atoms with E-state index in [1.54, 1.807) is 10.9 Å². The number of hydrogen-bond donors (Lipinski definition) is 0. The van der Waals surface area contributed by atoms with Gasteiger partial charge < -0.3 is 0 Å². The van der Waals surface area contributed by atoms with E-state index >= 15 is 0 Å². The Balaban J connectivity index is 1.83. The molecule has 0 aliphatic heterocycles. The van der Waals surface area contributed by atoms with Gasteiger partial charge in [-0.15, -0.1) is 0 Å². The Kier molecular flexibility index (Phi) is 3.20. The quantitative estimate of drug-likeness (QED) is 0.786. The SMILES string of the molecule is CC1CCCC1C(=O)c1cnn(-c2ccccc2)c1. The fourth-order valence-electron chi connectivity index (χ4n) is 2.92. The van der Waals surface area contributed by atoms with Crippen LogP contribution in [-0.2, 0) is 0 Å². The molecule has 1 aliphatic carbocycles. The van der Waals surface area contributed by atoms with Crippen molar-refractivity contribution in [2.24, 2.45) is 11.8 Å². The van der Waals surface area contributed by atoms with Crippen LogP contribution in [0.1, 0.15) is 36.5 Å². The summed E-state index contributed by atoms with van der Waals surface area (Å²) in [5.41, 5.74) is 1.73. The monoisotopic (exact) mass is 254 g/mol. The van der Waals surface area contributed by atoms with Crippen molar-refractivity contribution in [3.05, 3.63) is 48.3 Å². The number of nitrogens with zero attached hydrogens (tertiary/aromatic N) is 2. The Labute approximate surface area is 113 Å². The first-order valence-electron chi connectivity index (χ1n) is 6.90. The van der Waals surface area contributed by atoms with E-state index in [9.17, 15) is 4.79 Å². The van der Waals surface area contributed by atoms with E-state index < -0.39 is 0 Å². The van der Waals surface area contributed by atoms with E-state index in [0.717, 1.165) is 17.7 Å². The second-order valence-electron chi connectivity index (χ2n) is 5.39. The van der Waals surface area contributed by atoms with E-state index in [1.165, 1.54) is 12.8 Å². The number of carbonyl (C=O) groups excluding carboxylic acids is 1. The maximum Gasteiger partial charge on any atom is 0.169 e. The number of ketones is 1. The summed E-state index contributed by atoms with van der Waals surface area (Å²) in [7, 11) is 0. The molecule has 0 amide bonds. The number of Topliss-reactive ketones (excluding diaryl/α,β-unsaturated/α-hetero) is 1. The molecule has 3 rings (SSSR count). The summed E-state index contributed by atoms with van der Waals surface area (Å²) in [6.07, 6.45) is 6.91. The second kappa shape index (κ2) is 5.00. The van der Waals surface area contributed by atoms with Crippen LogP contribution in [0, 0.1) is 11.8 Å². The predicted molar refractivity (Wildman–Crippen MR) is 74.4 cm³/mol. The van der Waals surface area contributed by atoms with Crippen molar-refractivity contribution in [1.29, 1.82) is 0 Å². The van der Waals surface area contributed by atoms with Crippen LogP contribution in [-0.4, -0.2) is 15.6 Å². The molecule has 98 valence electrons. The van der Waals surface area contributed by atoms with Crippen LogP contribution in [0.4, 0.5) is 0 Å². The third-order valence-electron chi connectivity index (χ3n) is 4.09. The van der Waals surface area contributed by atoms with Crippen molar-refractivity contribution in [2.75, 3.05) is 0 Å². The minimum absolute atomic E-state index is 0.188. The molecule has 19 heavy (non-hydrogen) atoms. The van der Waals surface area contributed by atoms with E-state index in [4.69, 9.17) is 0 Å². The second-order valence-corrected chi connectivity index (χ2v) is 5.39. The van der Waals surface area contributed by atoms with Crippen molar-refractivity contribution < 1.29 is 4.79 Å². The molecule has 1 fully saturated rings. The van der Waals surface area contributed by atoms with Crippen molar-refractivity contribution in [2.45, 2.75) is 26.2 Å². The van der Waals surface area contributed by atoms with Gasteiger partial charge in [-0.25, -0.2) is 4.68 Å². The molecule has 2 aromatic rings. The van der Waals surface area contributed by atoms with Crippen LogP contribution in [0.5, 0.6) is 0 Å². The minimum atomic E-state index is 0.188. The van der Waals surface area contributed by atoms with Crippen LogP contribution >= 0.6 is 0 Å². The molecular formula is C16H18N2O. The maximum absolute atomic E-state index is 12.4. The Morgan fingerprint density at radius 2 is 2.05 bits per heavy atom. The van der Waals surface area contributed by atoms with E-state index in [2.05, 4.69) is 12.0 Å². The molecule has 2 unspecified atom stereocenters. The first-order valence-corrected chi connectivity index (χ1v) is 6.90. The highest BCUT2D eigenvalue weighted by Crippen LogP contribution is 2.33. The molecule has 2 atom stereocenters. The van der Waals surface area contributed by atoms with Crippen LogP contribution in [0.25, 0.3) is 5.69 Å². The molecule has 0 bridgehead atoms. The molecule has 1 aromatic carbocycles. The van der Waals surface area contributed by atoms with Crippen molar-refractivity contribution in [3.63, 3.8) is 0 Å². The summed E-state index contributed by atoms with van der Waals surface area (Å²) >= 11 is 0. The van der Waals surface area contributed by atoms with Crippen LogP contribution in [0.3, 0.4) is 0 Å². The van der Waals surface area contributed by atoms with Crippen molar-refractivity contribution in [3.8, 4) is 5.69 Å². The van der Waals surface area contributed by atoms with Gasteiger partial charge in [-0.3, -0.25) is 4.79 Å². The fourth-order valence-corrected chi connectivity index (χ4v) is 2.92. The van der Waals surface area contributed by atoms with Crippen molar-refractivity contribution >= 4 is 5.78 Å². The van der Waals surface area contributed by atoms with Crippen LogP contribution < -0.4 is 0 Å². The molecule has 0 saturated heterocycles. The molecular weight excluding hydrogens is 236 g/mol. The van der Waals surface area contributed by atoms with Gasteiger partial charge in [0.25, 0.3) is 0 Å². The molecule has 1 heterocycles. The minimum Gasteiger partial charge on any atom is -0.294 e. The van der Waals surface area contributed by atoms with Gasteiger partial charge in [0.1, 0.15) is 0 Å². The highest BCUT2D eigenvalue weighted by Gasteiger charge is 2.30. The number of aromatic nitrogens is 2. The molecule has 3 heteroatoms. The Morgan fingerprint density at radius 3 is 2.74 bits per heavy atom. The van der Waals surface area contributed by atoms with Gasteiger partial charge in [-0.05, 0) is 30.9 Å².